The van der Waals surface area contributed by atoms with E-state index in [1.165, 1.54) is 0 Å². The van der Waals surface area contributed by atoms with Gasteiger partial charge in [0.15, 0.2) is 5.92 Å². The minimum atomic E-state index is -4.49. The van der Waals surface area contributed by atoms with Crippen molar-refractivity contribution in [3.63, 3.8) is 0 Å². The molecule has 0 aliphatic carbocycles. The lowest BCUT2D eigenvalue weighted by Gasteiger charge is -2.18. The van der Waals surface area contributed by atoms with Crippen molar-refractivity contribution in [2.75, 3.05) is 6.61 Å². The summed E-state index contributed by atoms with van der Waals surface area (Å²) in [5.41, 5.74) is 0. The van der Waals surface area contributed by atoms with Crippen molar-refractivity contribution in [1.29, 1.82) is 0 Å². The summed E-state index contributed by atoms with van der Waals surface area (Å²) < 4.78 is 43.0. The Morgan fingerprint density at radius 1 is 1.00 bits per heavy atom. The zero-order valence-corrected chi connectivity index (χ0v) is 11.9. The van der Waals surface area contributed by atoms with Gasteiger partial charge in [-0.15, -0.1) is 0 Å². The molecule has 0 saturated heterocycles. The molecule has 0 aliphatic rings. The van der Waals surface area contributed by atoms with Gasteiger partial charge in [0, 0.05) is 0 Å². The van der Waals surface area contributed by atoms with E-state index in [2.05, 4.69) is 0 Å². The van der Waals surface area contributed by atoms with Crippen LogP contribution in [0.1, 0.15) is 65.2 Å². The lowest BCUT2D eigenvalue weighted by Crippen LogP contribution is -2.32. The molecule has 0 aromatic heterocycles. The van der Waals surface area contributed by atoms with E-state index in [-0.39, 0.29) is 13.0 Å². The molecule has 0 amide bonds. The quantitative estimate of drug-likeness (QED) is 0.422. The maximum absolute atomic E-state index is 12.8. The van der Waals surface area contributed by atoms with E-state index in [1.54, 1.807) is 0 Å². The van der Waals surface area contributed by atoms with Crippen molar-refractivity contribution in [2.24, 2.45) is 5.92 Å². The highest BCUT2D eigenvalue weighted by Gasteiger charge is 2.45. The third-order valence-electron chi connectivity index (χ3n) is 3.02. The van der Waals surface area contributed by atoms with Crippen LogP contribution in [0.15, 0.2) is 0 Å². The first-order valence-corrected chi connectivity index (χ1v) is 7.16. The molecule has 5 heteroatoms. The Bertz CT molecular complexity index is 239. The number of rotatable bonds is 10. The van der Waals surface area contributed by atoms with Crippen LogP contribution < -0.4 is 0 Å². The lowest BCUT2D eigenvalue weighted by molar-refractivity contribution is -0.199. The molecule has 0 fully saturated rings. The number of carbonyl (C=O) groups excluding carboxylic acids is 1. The van der Waals surface area contributed by atoms with Crippen LogP contribution in [-0.2, 0) is 9.53 Å². The number of hydrogen-bond donors (Lipinski definition) is 0. The second-order valence-corrected chi connectivity index (χ2v) is 4.82. The fourth-order valence-corrected chi connectivity index (χ4v) is 1.78. The van der Waals surface area contributed by atoms with E-state index < -0.39 is 18.1 Å². The Hall–Kier alpha value is -0.740. The lowest BCUT2D eigenvalue weighted by atomic mass is 10.00. The van der Waals surface area contributed by atoms with Gasteiger partial charge >= 0.3 is 12.1 Å². The molecular formula is C14H25F3O2. The Morgan fingerprint density at radius 2 is 1.58 bits per heavy atom. The van der Waals surface area contributed by atoms with Crippen LogP contribution in [-0.4, -0.2) is 18.8 Å². The van der Waals surface area contributed by atoms with Crippen LogP contribution in [0.4, 0.5) is 13.2 Å². The molecule has 0 N–H and O–H groups in total. The second kappa shape index (κ2) is 10.1. The summed E-state index contributed by atoms with van der Waals surface area (Å²) in [6.45, 7) is 4.02. The minimum absolute atomic E-state index is 0.0811. The highest BCUT2D eigenvalue weighted by molar-refractivity contribution is 5.73. The summed E-state index contributed by atoms with van der Waals surface area (Å²) in [5.74, 6) is -3.07. The monoisotopic (exact) mass is 282 g/mol. The first-order chi connectivity index (χ1) is 8.93. The van der Waals surface area contributed by atoms with E-state index in [9.17, 15) is 18.0 Å². The van der Waals surface area contributed by atoms with E-state index in [1.807, 2.05) is 13.8 Å². The van der Waals surface area contributed by atoms with Gasteiger partial charge in [0.25, 0.3) is 0 Å². The van der Waals surface area contributed by atoms with E-state index in [4.69, 9.17) is 4.74 Å². The van der Waals surface area contributed by atoms with Crippen LogP contribution in [0.3, 0.4) is 0 Å². The molecule has 0 rings (SSSR count). The summed E-state index contributed by atoms with van der Waals surface area (Å²) in [6.07, 6.45) is 0.904. The zero-order chi connectivity index (χ0) is 14.7. The minimum Gasteiger partial charge on any atom is -0.465 e. The molecule has 1 unspecified atom stereocenters. The predicted octanol–water partition coefficient (Wildman–Crippen LogP) is 4.87. The summed E-state index contributed by atoms with van der Waals surface area (Å²) >= 11 is 0. The third kappa shape index (κ3) is 8.89. The van der Waals surface area contributed by atoms with Gasteiger partial charge in [-0.2, -0.15) is 13.2 Å². The van der Waals surface area contributed by atoms with Gasteiger partial charge in [0.05, 0.1) is 6.61 Å². The number of carbonyl (C=O) groups is 1. The molecule has 0 aromatic rings. The number of unbranched alkanes of at least 4 members (excludes halogenated alkanes) is 5. The summed E-state index contributed by atoms with van der Waals surface area (Å²) in [4.78, 5) is 11.4. The first-order valence-electron chi connectivity index (χ1n) is 7.16. The van der Waals surface area contributed by atoms with Gasteiger partial charge in [0.1, 0.15) is 0 Å². The van der Waals surface area contributed by atoms with Crippen LogP contribution in [0.25, 0.3) is 0 Å². The highest BCUT2D eigenvalue weighted by atomic mass is 19.4. The van der Waals surface area contributed by atoms with Crippen LogP contribution in [0.5, 0.6) is 0 Å². The van der Waals surface area contributed by atoms with E-state index >= 15 is 0 Å². The van der Waals surface area contributed by atoms with Gasteiger partial charge in [-0.05, 0) is 12.8 Å². The molecule has 0 radical (unpaired) electrons. The largest absolute Gasteiger partial charge is 0.465 e. The highest BCUT2D eigenvalue weighted by Crippen LogP contribution is 2.31. The molecule has 1 atom stereocenters. The Balaban J connectivity index is 4.12. The topological polar surface area (TPSA) is 26.3 Å². The van der Waals surface area contributed by atoms with Gasteiger partial charge in [-0.1, -0.05) is 52.4 Å². The average molecular weight is 282 g/mol. The number of hydrogen-bond acceptors (Lipinski definition) is 2. The smallest absolute Gasteiger partial charge is 0.402 e. The molecule has 114 valence electrons. The fourth-order valence-electron chi connectivity index (χ4n) is 1.78. The molecule has 0 heterocycles. The first kappa shape index (κ1) is 18.3. The predicted molar refractivity (Wildman–Crippen MR) is 68.8 cm³/mol. The number of halogens is 3. The van der Waals surface area contributed by atoms with Gasteiger partial charge in [0.2, 0.25) is 0 Å². The molecule has 0 saturated carbocycles. The number of alkyl halides is 3. The molecule has 0 spiro atoms. The van der Waals surface area contributed by atoms with Crippen LogP contribution >= 0.6 is 0 Å². The summed E-state index contributed by atoms with van der Waals surface area (Å²) in [5, 5.41) is 0. The maximum atomic E-state index is 12.8. The van der Waals surface area contributed by atoms with Crippen molar-refractivity contribution in [3.8, 4) is 0 Å². The van der Waals surface area contributed by atoms with Crippen molar-refractivity contribution < 1.29 is 22.7 Å². The zero-order valence-electron chi connectivity index (χ0n) is 11.9. The number of ether oxygens (including phenoxy) is 1. The van der Waals surface area contributed by atoms with Gasteiger partial charge in [-0.3, -0.25) is 4.79 Å². The van der Waals surface area contributed by atoms with Crippen LogP contribution in [0.2, 0.25) is 0 Å². The SMILES string of the molecule is CCCCCCCC(C(=O)OCCCC)C(F)(F)F. The Morgan fingerprint density at radius 3 is 2.11 bits per heavy atom. The van der Waals surface area contributed by atoms with Crippen molar-refractivity contribution >= 4 is 5.97 Å². The second-order valence-electron chi connectivity index (χ2n) is 4.82. The van der Waals surface area contributed by atoms with Crippen molar-refractivity contribution in [1.82, 2.24) is 0 Å². The summed E-state index contributed by atoms with van der Waals surface area (Å²) in [6, 6.07) is 0. The average Bonchev–Trinajstić information content (AvgIpc) is 2.32. The molecule has 19 heavy (non-hydrogen) atoms. The van der Waals surface area contributed by atoms with Gasteiger partial charge in [-0.25, -0.2) is 0 Å². The van der Waals surface area contributed by atoms with Crippen molar-refractivity contribution in [3.05, 3.63) is 0 Å². The van der Waals surface area contributed by atoms with E-state index in [0.717, 1.165) is 32.1 Å². The molecule has 2 nitrogen and oxygen atoms in total. The number of esters is 1. The normalized spacial score (nSPS) is 13.3. The summed E-state index contributed by atoms with van der Waals surface area (Å²) in [7, 11) is 0. The third-order valence-corrected chi connectivity index (χ3v) is 3.02. The van der Waals surface area contributed by atoms with Gasteiger partial charge < -0.3 is 4.74 Å². The maximum Gasteiger partial charge on any atom is 0.402 e. The molecule has 0 aromatic carbocycles. The van der Waals surface area contributed by atoms with Crippen LogP contribution in [0, 0.1) is 5.92 Å². The fraction of sp³-hybridized carbons (Fsp3) is 0.929. The van der Waals surface area contributed by atoms with Crippen molar-refractivity contribution in [2.45, 2.75) is 71.4 Å². The van der Waals surface area contributed by atoms with E-state index in [0.29, 0.717) is 12.8 Å². The molecular weight excluding hydrogens is 257 g/mol. The Kier molecular flexibility index (Phi) is 9.70. The standard InChI is InChI=1S/C14H25F3O2/c1-3-5-7-8-9-10-12(14(15,16)17)13(18)19-11-6-4-2/h12H,3-11H2,1-2H3. The Labute approximate surface area is 113 Å². The molecule has 0 aliphatic heterocycles. The molecule has 0 bridgehead atoms.